The molecular weight excluding hydrogens is 266 g/mol. The zero-order valence-corrected chi connectivity index (χ0v) is 11.7. The number of benzene rings is 1. The van der Waals surface area contributed by atoms with Gasteiger partial charge >= 0.3 is 0 Å². The van der Waals surface area contributed by atoms with E-state index in [4.69, 9.17) is 5.73 Å². The van der Waals surface area contributed by atoms with E-state index >= 15 is 0 Å². The Hall–Kier alpha value is -0.900. The first kappa shape index (κ1) is 13.5. The van der Waals surface area contributed by atoms with Crippen LogP contribution in [0.3, 0.4) is 0 Å². The van der Waals surface area contributed by atoms with Crippen LogP contribution in [0.1, 0.15) is 30.6 Å². The minimum absolute atomic E-state index is 0. The van der Waals surface area contributed by atoms with Crippen molar-refractivity contribution in [2.24, 2.45) is 5.73 Å². The van der Waals surface area contributed by atoms with Crippen LogP contribution in [0.15, 0.2) is 30.3 Å². The molecule has 0 spiro atoms. The summed E-state index contributed by atoms with van der Waals surface area (Å²) in [7, 11) is 0. The minimum atomic E-state index is -0.280. The standard InChI is InChI=1S/C14H15NOS.ClH/c15-14(7-5-11(16)6-8-14)13-9-10-3-1-2-4-12(10)17-13;/h1-4,9H,5-8,15H2;1H. The van der Waals surface area contributed by atoms with Crippen molar-refractivity contribution in [2.75, 3.05) is 0 Å². The topological polar surface area (TPSA) is 43.1 Å². The van der Waals surface area contributed by atoms with Crippen molar-refractivity contribution in [1.82, 2.24) is 0 Å². The largest absolute Gasteiger partial charge is 0.321 e. The van der Waals surface area contributed by atoms with E-state index in [2.05, 4.69) is 24.3 Å². The fourth-order valence-electron chi connectivity index (χ4n) is 2.45. The molecule has 18 heavy (non-hydrogen) atoms. The lowest BCUT2D eigenvalue weighted by Gasteiger charge is -2.31. The SMILES string of the molecule is Cl.NC1(c2cc3ccccc3s2)CCC(=O)CC1. The molecule has 0 radical (unpaired) electrons. The van der Waals surface area contributed by atoms with Crippen LogP contribution >= 0.6 is 23.7 Å². The van der Waals surface area contributed by atoms with Gasteiger partial charge in [-0.05, 0) is 30.4 Å². The van der Waals surface area contributed by atoms with Crippen LogP contribution in [0.2, 0.25) is 0 Å². The Morgan fingerprint density at radius 1 is 1.17 bits per heavy atom. The van der Waals surface area contributed by atoms with E-state index in [0.717, 1.165) is 12.8 Å². The Labute approximate surface area is 117 Å². The first-order chi connectivity index (χ1) is 8.17. The van der Waals surface area contributed by atoms with Gasteiger partial charge in [-0.3, -0.25) is 4.79 Å². The first-order valence-electron chi connectivity index (χ1n) is 5.97. The molecule has 0 bridgehead atoms. The van der Waals surface area contributed by atoms with Gasteiger partial charge in [0.1, 0.15) is 5.78 Å². The summed E-state index contributed by atoms with van der Waals surface area (Å²) >= 11 is 1.77. The molecule has 0 aliphatic heterocycles. The number of carbonyl (C=O) groups excluding carboxylic acids is 1. The molecule has 0 amide bonds. The molecule has 4 heteroatoms. The zero-order valence-electron chi connectivity index (χ0n) is 10.0. The van der Waals surface area contributed by atoms with E-state index < -0.39 is 0 Å². The van der Waals surface area contributed by atoms with Gasteiger partial charge in [0.2, 0.25) is 0 Å². The predicted octanol–water partition coefficient (Wildman–Crippen LogP) is 3.62. The average molecular weight is 282 g/mol. The maximum Gasteiger partial charge on any atom is 0.133 e. The van der Waals surface area contributed by atoms with Crippen molar-refractivity contribution in [2.45, 2.75) is 31.2 Å². The van der Waals surface area contributed by atoms with Gasteiger partial charge in [0, 0.05) is 22.4 Å². The lowest BCUT2D eigenvalue weighted by atomic mass is 9.81. The number of thiophene rings is 1. The lowest BCUT2D eigenvalue weighted by Crippen LogP contribution is -2.39. The lowest BCUT2D eigenvalue weighted by molar-refractivity contribution is -0.121. The van der Waals surface area contributed by atoms with Gasteiger partial charge in [0.15, 0.2) is 0 Å². The first-order valence-corrected chi connectivity index (χ1v) is 6.79. The van der Waals surface area contributed by atoms with Crippen LogP contribution in [-0.4, -0.2) is 5.78 Å². The van der Waals surface area contributed by atoms with E-state index in [1.54, 1.807) is 11.3 Å². The second-order valence-corrected chi connectivity index (χ2v) is 5.93. The molecule has 1 aliphatic rings. The second kappa shape index (κ2) is 5.00. The molecular formula is C14H16ClNOS. The third kappa shape index (κ3) is 2.30. The summed E-state index contributed by atoms with van der Waals surface area (Å²) in [5.74, 6) is 0.354. The van der Waals surface area contributed by atoms with Gasteiger partial charge < -0.3 is 5.73 Å². The van der Waals surface area contributed by atoms with E-state index in [0.29, 0.717) is 18.6 Å². The highest BCUT2D eigenvalue weighted by Gasteiger charge is 2.33. The van der Waals surface area contributed by atoms with Crippen molar-refractivity contribution in [3.8, 4) is 0 Å². The minimum Gasteiger partial charge on any atom is -0.321 e. The van der Waals surface area contributed by atoms with Gasteiger partial charge in [-0.25, -0.2) is 0 Å². The van der Waals surface area contributed by atoms with Crippen LogP contribution in [0, 0.1) is 0 Å². The van der Waals surface area contributed by atoms with Crippen molar-refractivity contribution in [3.63, 3.8) is 0 Å². The van der Waals surface area contributed by atoms with Gasteiger partial charge in [-0.1, -0.05) is 18.2 Å². The van der Waals surface area contributed by atoms with E-state index in [9.17, 15) is 4.79 Å². The summed E-state index contributed by atoms with van der Waals surface area (Å²) < 4.78 is 1.28. The Balaban J connectivity index is 0.00000120. The fraction of sp³-hybridized carbons (Fsp3) is 0.357. The van der Waals surface area contributed by atoms with Crippen molar-refractivity contribution >= 4 is 39.6 Å². The second-order valence-electron chi connectivity index (χ2n) is 4.84. The summed E-state index contributed by atoms with van der Waals surface area (Å²) in [4.78, 5) is 12.5. The summed E-state index contributed by atoms with van der Waals surface area (Å²) in [5.41, 5.74) is 6.18. The van der Waals surface area contributed by atoms with Crippen LogP contribution in [-0.2, 0) is 10.3 Å². The summed E-state index contributed by atoms with van der Waals surface area (Å²) in [6, 6.07) is 10.5. The average Bonchev–Trinajstić information content (AvgIpc) is 2.77. The van der Waals surface area contributed by atoms with E-state index in [1.165, 1.54) is 15.0 Å². The Morgan fingerprint density at radius 2 is 1.83 bits per heavy atom. The number of carbonyl (C=O) groups is 1. The third-order valence-corrected chi connectivity index (χ3v) is 4.95. The third-order valence-electron chi connectivity index (χ3n) is 3.62. The molecule has 0 unspecified atom stereocenters. The number of hydrogen-bond donors (Lipinski definition) is 1. The van der Waals surface area contributed by atoms with Gasteiger partial charge in [0.25, 0.3) is 0 Å². The van der Waals surface area contributed by atoms with Crippen molar-refractivity contribution < 1.29 is 4.79 Å². The maximum atomic E-state index is 11.3. The molecule has 1 aromatic carbocycles. The smallest absolute Gasteiger partial charge is 0.133 e. The Morgan fingerprint density at radius 3 is 2.50 bits per heavy atom. The molecule has 2 nitrogen and oxygen atoms in total. The summed E-state index contributed by atoms with van der Waals surface area (Å²) in [6.45, 7) is 0. The molecule has 3 rings (SSSR count). The number of ketones is 1. The Kier molecular flexibility index (Phi) is 3.76. The molecule has 1 saturated carbocycles. The van der Waals surface area contributed by atoms with Crippen LogP contribution in [0.5, 0.6) is 0 Å². The number of hydrogen-bond acceptors (Lipinski definition) is 3. The molecule has 0 atom stereocenters. The number of fused-ring (bicyclic) bond motifs is 1. The molecule has 1 aromatic heterocycles. The number of rotatable bonds is 1. The molecule has 2 aromatic rings. The summed E-state index contributed by atoms with van der Waals surface area (Å²) in [5, 5.41) is 1.26. The zero-order chi connectivity index (χ0) is 11.9. The van der Waals surface area contributed by atoms with Crippen LogP contribution < -0.4 is 5.73 Å². The molecule has 2 N–H and O–H groups in total. The van der Waals surface area contributed by atoms with Crippen molar-refractivity contribution in [3.05, 3.63) is 35.2 Å². The molecule has 96 valence electrons. The fourth-order valence-corrected chi connectivity index (χ4v) is 3.67. The quantitative estimate of drug-likeness (QED) is 0.867. The predicted molar refractivity (Wildman–Crippen MR) is 78.4 cm³/mol. The monoisotopic (exact) mass is 281 g/mol. The summed E-state index contributed by atoms with van der Waals surface area (Å²) in [6.07, 6.45) is 2.84. The van der Waals surface area contributed by atoms with Gasteiger partial charge in [-0.2, -0.15) is 0 Å². The highest BCUT2D eigenvalue weighted by molar-refractivity contribution is 7.19. The van der Waals surface area contributed by atoms with Gasteiger partial charge in [-0.15, -0.1) is 23.7 Å². The Bertz CT molecular complexity index is 535. The van der Waals surface area contributed by atoms with Gasteiger partial charge in [0.05, 0.1) is 5.54 Å². The number of nitrogens with two attached hydrogens (primary N) is 1. The van der Waals surface area contributed by atoms with Crippen molar-refractivity contribution in [1.29, 1.82) is 0 Å². The van der Waals surface area contributed by atoms with E-state index in [1.807, 2.05) is 6.07 Å². The van der Waals surface area contributed by atoms with Crippen LogP contribution in [0.25, 0.3) is 10.1 Å². The normalized spacial score (nSPS) is 18.6. The molecule has 0 saturated heterocycles. The highest BCUT2D eigenvalue weighted by Crippen LogP contribution is 2.39. The maximum absolute atomic E-state index is 11.3. The number of halogens is 1. The van der Waals surface area contributed by atoms with E-state index in [-0.39, 0.29) is 17.9 Å². The number of Topliss-reactive ketones (excluding diaryl/α,β-unsaturated/α-hetero) is 1. The molecule has 1 fully saturated rings. The van der Waals surface area contributed by atoms with Crippen LogP contribution in [0.4, 0.5) is 0 Å². The molecule has 1 heterocycles. The highest BCUT2D eigenvalue weighted by atomic mass is 35.5. The molecule has 1 aliphatic carbocycles.